The molecule has 0 atom stereocenters. The summed E-state index contributed by atoms with van der Waals surface area (Å²) in [7, 11) is 3.93. The van der Waals surface area contributed by atoms with Crippen LogP contribution in [0.2, 0.25) is 0 Å². The number of imidazole rings is 1. The molecule has 0 aliphatic rings. The van der Waals surface area contributed by atoms with Crippen LogP contribution in [0.3, 0.4) is 0 Å². The van der Waals surface area contributed by atoms with E-state index in [1.54, 1.807) is 12.5 Å². The van der Waals surface area contributed by atoms with Gasteiger partial charge in [-0.3, -0.25) is 4.68 Å². The number of fused-ring (bicyclic) bond motifs is 1. The molecule has 0 fully saturated rings. The van der Waals surface area contributed by atoms with Gasteiger partial charge in [-0.05, 0) is 43.5 Å². The van der Waals surface area contributed by atoms with Gasteiger partial charge in [0.1, 0.15) is 17.7 Å². The number of hydrogen-bond donors (Lipinski definition) is 1. The number of hydrogen-bond acceptors (Lipinski definition) is 6. The first-order chi connectivity index (χ1) is 15.8. The normalized spacial score (nSPS) is 11.9. The van der Waals surface area contributed by atoms with Crippen LogP contribution < -0.4 is 10.1 Å². The summed E-state index contributed by atoms with van der Waals surface area (Å²) in [6.45, 7) is 10.1. The van der Waals surface area contributed by atoms with E-state index in [9.17, 15) is 0 Å². The molecule has 0 spiro atoms. The van der Waals surface area contributed by atoms with Gasteiger partial charge in [0.25, 0.3) is 0 Å². The monoisotopic (exact) mass is 447 g/mol. The third-order valence-corrected chi connectivity index (χ3v) is 5.74. The van der Waals surface area contributed by atoms with Gasteiger partial charge in [0, 0.05) is 37.5 Å². The van der Waals surface area contributed by atoms with Crippen LogP contribution in [0.5, 0.6) is 5.75 Å². The Bertz CT molecular complexity index is 1250. The van der Waals surface area contributed by atoms with Gasteiger partial charge in [-0.15, -0.1) is 0 Å². The average Bonchev–Trinajstić information content (AvgIpc) is 3.28. The van der Waals surface area contributed by atoms with Crippen LogP contribution in [-0.2, 0) is 26.4 Å². The van der Waals surface area contributed by atoms with E-state index in [4.69, 9.17) is 9.84 Å². The van der Waals surface area contributed by atoms with E-state index in [-0.39, 0.29) is 5.41 Å². The number of aryl methyl sites for hydroxylation is 1. The molecule has 8 heteroatoms. The first-order valence-corrected chi connectivity index (χ1v) is 11.3. The highest BCUT2D eigenvalue weighted by atomic mass is 16.5. The topological polar surface area (TPSA) is 82.2 Å². The van der Waals surface area contributed by atoms with E-state index in [1.165, 1.54) is 11.3 Å². The van der Waals surface area contributed by atoms with Gasteiger partial charge >= 0.3 is 0 Å². The maximum Gasteiger partial charge on any atom is 0.163 e. The molecule has 174 valence electrons. The SMILES string of the molecule is CNCc1cnc2ccc(-c3ncncc3OCCc3c(CC(C)(C)C)nn(C)c3C)cn12. The van der Waals surface area contributed by atoms with E-state index >= 15 is 0 Å². The number of nitrogens with zero attached hydrogens (tertiary/aromatic N) is 6. The molecule has 0 aliphatic heterocycles. The summed E-state index contributed by atoms with van der Waals surface area (Å²) in [5.74, 6) is 0.672. The Kier molecular flexibility index (Phi) is 6.47. The van der Waals surface area contributed by atoms with Gasteiger partial charge < -0.3 is 14.5 Å². The van der Waals surface area contributed by atoms with Crippen LogP contribution >= 0.6 is 0 Å². The zero-order chi connectivity index (χ0) is 23.6. The van der Waals surface area contributed by atoms with Crippen molar-refractivity contribution in [2.45, 2.75) is 47.1 Å². The molecule has 0 radical (unpaired) electrons. The van der Waals surface area contributed by atoms with Crippen LogP contribution in [0, 0.1) is 12.3 Å². The summed E-state index contributed by atoms with van der Waals surface area (Å²) < 4.78 is 10.3. The second-order valence-corrected chi connectivity index (χ2v) is 9.63. The maximum absolute atomic E-state index is 6.22. The lowest BCUT2D eigenvalue weighted by atomic mass is 9.88. The molecular formula is C25H33N7O. The highest BCUT2D eigenvalue weighted by Crippen LogP contribution is 2.28. The highest BCUT2D eigenvalue weighted by Gasteiger charge is 2.20. The Morgan fingerprint density at radius 3 is 2.70 bits per heavy atom. The summed E-state index contributed by atoms with van der Waals surface area (Å²) >= 11 is 0. The zero-order valence-corrected chi connectivity index (χ0v) is 20.4. The van der Waals surface area contributed by atoms with E-state index in [0.29, 0.717) is 12.4 Å². The summed E-state index contributed by atoms with van der Waals surface area (Å²) in [5.41, 5.74) is 7.50. The summed E-state index contributed by atoms with van der Waals surface area (Å²) in [6, 6.07) is 4.02. The lowest BCUT2D eigenvalue weighted by Crippen LogP contribution is -2.12. The van der Waals surface area contributed by atoms with Crippen LogP contribution in [0.25, 0.3) is 16.9 Å². The minimum absolute atomic E-state index is 0.176. The fourth-order valence-corrected chi connectivity index (χ4v) is 4.08. The molecular weight excluding hydrogens is 414 g/mol. The van der Waals surface area contributed by atoms with Crippen molar-refractivity contribution in [3.05, 3.63) is 59.7 Å². The van der Waals surface area contributed by atoms with Crippen LogP contribution in [0.15, 0.2) is 37.1 Å². The van der Waals surface area contributed by atoms with Crippen molar-refractivity contribution in [2.75, 3.05) is 13.7 Å². The number of ether oxygens (including phenoxy) is 1. The Balaban J connectivity index is 1.55. The van der Waals surface area contributed by atoms with Gasteiger partial charge in [-0.2, -0.15) is 5.10 Å². The third-order valence-electron chi connectivity index (χ3n) is 5.74. The Hall–Kier alpha value is -3.26. The molecule has 1 N–H and O–H groups in total. The van der Waals surface area contributed by atoms with Gasteiger partial charge in [0.2, 0.25) is 0 Å². The van der Waals surface area contributed by atoms with Crippen molar-refractivity contribution in [3.63, 3.8) is 0 Å². The summed E-state index contributed by atoms with van der Waals surface area (Å²) in [6.07, 6.45) is 8.95. The molecule has 0 aliphatic carbocycles. The predicted molar refractivity (Wildman–Crippen MR) is 129 cm³/mol. The molecule has 4 aromatic heterocycles. The average molecular weight is 448 g/mol. The Morgan fingerprint density at radius 2 is 1.94 bits per heavy atom. The lowest BCUT2D eigenvalue weighted by Gasteiger charge is -2.17. The standard InChI is InChI=1S/C25H33N7O/c1-17-20(21(30-31(17)6)11-25(2,3)4)9-10-33-22-14-27-16-29-24(22)18-7-8-23-28-13-19(12-26-5)32(23)15-18/h7-8,13-16,26H,9-12H2,1-6H3. The first kappa shape index (κ1) is 22.9. The molecule has 0 saturated carbocycles. The number of pyridine rings is 1. The van der Waals surface area contributed by atoms with Crippen molar-refractivity contribution in [3.8, 4) is 17.0 Å². The number of nitrogens with one attached hydrogen (secondary N) is 1. The summed E-state index contributed by atoms with van der Waals surface area (Å²) in [5, 5.41) is 7.94. The van der Waals surface area contributed by atoms with Gasteiger partial charge in [-0.1, -0.05) is 20.8 Å². The number of rotatable bonds is 8. The molecule has 0 aromatic carbocycles. The molecule has 0 bridgehead atoms. The van der Waals surface area contributed by atoms with Crippen molar-refractivity contribution < 1.29 is 4.74 Å². The van der Waals surface area contributed by atoms with E-state index < -0.39 is 0 Å². The van der Waals surface area contributed by atoms with Gasteiger partial charge in [0.15, 0.2) is 5.75 Å². The Morgan fingerprint density at radius 1 is 1.12 bits per heavy atom. The largest absolute Gasteiger partial charge is 0.489 e. The quantitative estimate of drug-likeness (QED) is 0.443. The fourth-order valence-electron chi connectivity index (χ4n) is 4.08. The smallest absolute Gasteiger partial charge is 0.163 e. The van der Waals surface area contributed by atoms with Crippen LogP contribution in [-0.4, -0.2) is 42.8 Å². The second kappa shape index (κ2) is 9.31. The van der Waals surface area contributed by atoms with Crippen molar-refractivity contribution in [1.82, 2.24) is 34.4 Å². The van der Waals surface area contributed by atoms with Gasteiger partial charge in [0.05, 0.1) is 30.4 Å². The fraction of sp³-hybridized carbons (Fsp3) is 0.440. The maximum atomic E-state index is 6.22. The highest BCUT2D eigenvalue weighted by molar-refractivity contribution is 5.66. The minimum Gasteiger partial charge on any atom is -0.489 e. The van der Waals surface area contributed by atoms with E-state index in [0.717, 1.165) is 47.7 Å². The zero-order valence-electron chi connectivity index (χ0n) is 20.4. The van der Waals surface area contributed by atoms with Crippen LogP contribution in [0.4, 0.5) is 0 Å². The van der Waals surface area contributed by atoms with Gasteiger partial charge in [-0.25, -0.2) is 15.0 Å². The molecule has 33 heavy (non-hydrogen) atoms. The molecule has 4 rings (SSSR count). The Labute approximate surface area is 195 Å². The van der Waals surface area contributed by atoms with Crippen LogP contribution in [0.1, 0.15) is 43.4 Å². The molecule has 0 unspecified atom stereocenters. The van der Waals surface area contributed by atoms with Crippen molar-refractivity contribution in [2.24, 2.45) is 12.5 Å². The molecule has 0 amide bonds. The van der Waals surface area contributed by atoms with E-state index in [1.807, 2.05) is 37.1 Å². The minimum atomic E-state index is 0.176. The molecule has 0 saturated heterocycles. The van der Waals surface area contributed by atoms with Crippen molar-refractivity contribution in [1.29, 1.82) is 0 Å². The molecule has 8 nitrogen and oxygen atoms in total. The van der Waals surface area contributed by atoms with Crippen molar-refractivity contribution >= 4 is 5.65 Å². The third kappa shape index (κ3) is 5.06. The molecule has 4 aromatic rings. The predicted octanol–water partition coefficient (Wildman–Crippen LogP) is 3.76. The first-order valence-electron chi connectivity index (χ1n) is 11.3. The lowest BCUT2D eigenvalue weighted by molar-refractivity contribution is 0.319. The number of aromatic nitrogens is 6. The van der Waals surface area contributed by atoms with E-state index in [2.05, 4.69) is 58.6 Å². The summed E-state index contributed by atoms with van der Waals surface area (Å²) in [4.78, 5) is 13.2. The molecule has 4 heterocycles. The second-order valence-electron chi connectivity index (χ2n) is 9.63.